The Labute approximate surface area is 125 Å². The molecule has 1 aromatic carbocycles. The zero-order valence-corrected chi connectivity index (χ0v) is 11.9. The first kappa shape index (κ1) is 13.7. The number of thiazole rings is 1. The molecule has 0 unspecified atom stereocenters. The maximum absolute atomic E-state index is 13.2. The van der Waals surface area contributed by atoms with E-state index in [9.17, 15) is 14.3 Å². The van der Waals surface area contributed by atoms with Gasteiger partial charge >= 0.3 is 0 Å². The van der Waals surface area contributed by atoms with Gasteiger partial charge in [0.15, 0.2) is 0 Å². The van der Waals surface area contributed by atoms with Crippen LogP contribution >= 0.6 is 11.3 Å². The van der Waals surface area contributed by atoms with Crippen LogP contribution in [0, 0.1) is 5.82 Å². The molecule has 0 aliphatic heterocycles. The minimum absolute atomic E-state index is 0.204. The number of aromatic hydroxyl groups is 1. The molecule has 5 heteroatoms. The van der Waals surface area contributed by atoms with Crippen LogP contribution in [0.25, 0.3) is 10.6 Å². The SMILES string of the molecule is O=C(C1=CC=CCC1)c1sc(-c2cccc(F)c2)nc1O. The molecule has 1 N–H and O–H groups in total. The Bertz CT molecular complexity index is 761. The Morgan fingerprint density at radius 2 is 2.24 bits per heavy atom. The Balaban J connectivity index is 1.96. The van der Waals surface area contributed by atoms with Crippen molar-refractivity contribution in [3.63, 3.8) is 0 Å². The summed E-state index contributed by atoms with van der Waals surface area (Å²) in [6, 6.07) is 5.93. The van der Waals surface area contributed by atoms with Crippen molar-refractivity contribution in [2.24, 2.45) is 0 Å². The van der Waals surface area contributed by atoms with E-state index in [1.807, 2.05) is 12.2 Å². The number of carbonyl (C=O) groups excluding carboxylic acids is 1. The minimum Gasteiger partial charge on any atom is -0.492 e. The monoisotopic (exact) mass is 301 g/mol. The van der Waals surface area contributed by atoms with Crippen molar-refractivity contribution in [1.82, 2.24) is 4.98 Å². The van der Waals surface area contributed by atoms with Gasteiger partial charge in [0.1, 0.15) is 15.7 Å². The second-order valence-corrected chi connectivity index (χ2v) is 5.67. The fourth-order valence-corrected chi connectivity index (χ4v) is 3.07. The molecule has 21 heavy (non-hydrogen) atoms. The number of ketones is 1. The lowest BCUT2D eigenvalue weighted by Gasteiger charge is -2.05. The van der Waals surface area contributed by atoms with Crippen molar-refractivity contribution >= 4 is 17.1 Å². The van der Waals surface area contributed by atoms with Crippen LogP contribution in [0.15, 0.2) is 48.1 Å². The van der Waals surface area contributed by atoms with E-state index in [0.717, 1.165) is 17.8 Å². The molecule has 0 bridgehead atoms. The van der Waals surface area contributed by atoms with Gasteiger partial charge in [0.05, 0.1) is 0 Å². The molecular weight excluding hydrogens is 289 g/mol. The lowest BCUT2D eigenvalue weighted by molar-refractivity contribution is 0.103. The predicted molar refractivity (Wildman–Crippen MR) is 80.0 cm³/mol. The molecule has 0 atom stereocenters. The highest BCUT2D eigenvalue weighted by Gasteiger charge is 2.21. The van der Waals surface area contributed by atoms with Gasteiger partial charge in [-0.2, -0.15) is 0 Å². The third-order valence-electron chi connectivity index (χ3n) is 3.19. The van der Waals surface area contributed by atoms with E-state index in [2.05, 4.69) is 4.98 Å². The second-order valence-electron chi connectivity index (χ2n) is 4.67. The molecule has 0 spiro atoms. The van der Waals surface area contributed by atoms with E-state index >= 15 is 0 Å². The molecule has 0 fully saturated rings. The van der Waals surface area contributed by atoms with Crippen molar-refractivity contribution in [1.29, 1.82) is 0 Å². The molecule has 0 saturated heterocycles. The summed E-state index contributed by atoms with van der Waals surface area (Å²) in [5, 5.41) is 10.3. The van der Waals surface area contributed by atoms with Gasteiger partial charge in [0.25, 0.3) is 0 Å². The van der Waals surface area contributed by atoms with E-state index in [1.165, 1.54) is 12.1 Å². The quantitative estimate of drug-likeness (QED) is 0.868. The molecule has 0 radical (unpaired) electrons. The number of carbonyl (C=O) groups is 1. The van der Waals surface area contributed by atoms with Gasteiger partial charge in [-0.3, -0.25) is 4.79 Å². The van der Waals surface area contributed by atoms with Gasteiger partial charge in [-0.25, -0.2) is 9.37 Å². The summed E-state index contributed by atoms with van der Waals surface area (Å²) in [6.45, 7) is 0. The average molecular weight is 301 g/mol. The van der Waals surface area contributed by atoms with Gasteiger partial charge in [-0.05, 0) is 25.0 Å². The largest absolute Gasteiger partial charge is 0.492 e. The van der Waals surface area contributed by atoms with E-state index in [-0.39, 0.29) is 22.4 Å². The van der Waals surface area contributed by atoms with E-state index < -0.39 is 0 Å². The van der Waals surface area contributed by atoms with Crippen LogP contribution in [0.1, 0.15) is 22.5 Å². The fourth-order valence-electron chi connectivity index (χ4n) is 2.14. The molecule has 106 valence electrons. The smallest absolute Gasteiger partial charge is 0.234 e. The van der Waals surface area contributed by atoms with E-state index in [1.54, 1.807) is 18.2 Å². The lowest BCUT2D eigenvalue weighted by Crippen LogP contribution is -2.03. The first-order valence-electron chi connectivity index (χ1n) is 6.51. The first-order chi connectivity index (χ1) is 10.1. The van der Waals surface area contributed by atoms with Crippen molar-refractivity contribution in [3.05, 3.63) is 58.8 Å². The normalized spacial score (nSPS) is 14.0. The summed E-state index contributed by atoms with van der Waals surface area (Å²) >= 11 is 1.08. The number of nitrogens with zero attached hydrogens (tertiary/aromatic N) is 1. The summed E-state index contributed by atoms with van der Waals surface area (Å²) < 4.78 is 13.2. The predicted octanol–water partition coefficient (Wildman–Crippen LogP) is 4.11. The van der Waals surface area contributed by atoms with E-state index in [4.69, 9.17) is 0 Å². The second kappa shape index (κ2) is 5.61. The minimum atomic E-state index is -0.379. The third kappa shape index (κ3) is 2.78. The van der Waals surface area contributed by atoms with E-state index in [0.29, 0.717) is 22.6 Å². The van der Waals surface area contributed by atoms with Crippen LogP contribution in [0.5, 0.6) is 5.88 Å². The maximum atomic E-state index is 13.2. The van der Waals surface area contributed by atoms with Crippen molar-refractivity contribution in [2.75, 3.05) is 0 Å². The van der Waals surface area contributed by atoms with Gasteiger partial charge in [0, 0.05) is 11.1 Å². The number of rotatable bonds is 3. The number of aromatic nitrogens is 1. The van der Waals surface area contributed by atoms with Crippen molar-refractivity contribution in [2.45, 2.75) is 12.8 Å². The highest BCUT2D eigenvalue weighted by molar-refractivity contribution is 7.17. The molecule has 0 saturated carbocycles. The van der Waals surface area contributed by atoms with Crippen LogP contribution in [0.3, 0.4) is 0 Å². The van der Waals surface area contributed by atoms with Crippen LogP contribution < -0.4 is 0 Å². The Morgan fingerprint density at radius 1 is 1.38 bits per heavy atom. The number of Topliss-reactive ketones (excluding diaryl/α,β-unsaturated/α-hetero) is 1. The van der Waals surface area contributed by atoms with Crippen molar-refractivity contribution < 1.29 is 14.3 Å². The van der Waals surface area contributed by atoms with Crippen LogP contribution in [0.4, 0.5) is 4.39 Å². The van der Waals surface area contributed by atoms with Gasteiger partial charge in [-0.1, -0.05) is 30.4 Å². The van der Waals surface area contributed by atoms with Gasteiger partial charge in [0.2, 0.25) is 11.7 Å². The highest BCUT2D eigenvalue weighted by atomic mass is 32.1. The molecule has 3 nitrogen and oxygen atoms in total. The standard InChI is InChI=1S/C16H12FNO2S/c17-12-8-4-7-11(9-12)16-18-15(20)14(21-16)13(19)10-5-2-1-3-6-10/h1-2,4-5,7-9,20H,3,6H2. The molecule has 1 aliphatic rings. The van der Waals surface area contributed by atoms with Crippen molar-refractivity contribution in [3.8, 4) is 16.5 Å². The number of benzene rings is 1. The fraction of sp³-hybridized carbons (Fsp3) is 0.125. The number of allylic oxidation sites excluding steroid dienone is 4. The van der Waals surface area contributed by atoms with Crippen LogP contribution in [-0.2, 0) is 0 Å². The summed E-state index contributed by atoms with van der Waals surface area (Å²) in [6.07, 6.45) is 7.05. The lowest BCUT2D eigenvalue weighted by atomic mass is 10.0. The highest BCUT2D eigenvalue weighted by Crippen LogP contribution is 2.34. The molecule has 1 aliphatic carbocycles. The van der Waals surface area contributed by atoms with Crippen LogP contribution in [0.2, 0.25) is 0 Å². The summed E-state index contributed by atoms with van der Waals surface area (Å²) in [4.78, 5) is 16.6. The average Bonchev–Trinajstić information content (AvgIpc) is 2.89. The molecule has 1 aromatic heterocycles. The van der Waals surface area contributed by atoms with Crippen LogP contribution in [-0.4, -0.2) is 15.9 Å². The zero-order valence-electron chi connectivity index (χ0n) is 11.0. The maximum Gasteiger partial charge on any atom is 0.234 e. The molecule has 0 amide bonds. The number of halogens is 1. The zero-order chi connectivity index (χ0) is 14.8. The molecular formula is C16H12FNO2S. The molecule has 1 heterocycles. The Hall–Kier alpha value is -2.27. The van der Waals surface area contributed by atoms with Gasteiger partial charge < -0.3 is 5.11 Å². The Kier molecular flexibility index (Phi) is 3.66. The number of hydrogen-bond donors (Lipinski definition) is 1. The number of hydrogen-bond acceptors (Lipinski definition) is 4. The summed E-state index contributed by atoms with van der Waals surface area (Å²) in [5.74, 6) is -0.882. The summed E-state index contributed by atoms with van der Waals surface area (Å²) in [7, 11) is 0. The molecule has 3 rings (SSSR count). The topological polar surface area (TPSA) is 50.2 Å². The third-order valence-corrected chi connectivity index (χ3v) is 4.28. The van der Waals surface area contributed by atoms with Gasteiger partial charge in [-0.15, -0.1) is 11.3 Å². The Morgan fingerprint density at radius 3 is 2.95 bits per heavy atom. The molecule has 2 aromatic rings. The first-order valence-corrected chi connectivity index (χ1v) is 7.33. The summed E-state index contributed by atoms with van der Waals surface area (Å²) in [5.41, 5.74) is 1.20.